The van der Waals surface area contributed by atoms with Gasteiger partial charge in [-0.2, -0.15) is 0 Å². The second kappa shape index (κ2) is 8.97. The van der Waals surface area contributed by atoms with Crippen LogP contribution in [0.4, 0.5) is 0 Å². The highest BCUT2D eigenvalue weighted by atomic mass is 28.2. The lowest BCUT2D eigenvalue weighted by Gasteiger charge is -2.06. The van der Waals surface area contributed by atoms with Crippen LogP contribution >= 0.6 is 0 Å². The molecule has 0 N–H and O–H groups in total. The lowest BCUT2D eigenvalue weighted by Crippen LogP contribution is -2.10. The number of rotatable bonds is 7. The summed E-state index contributed by atoms with van der Waals surface area (Å²) in [5.74, 6) is 0. The van der Waals surface area contributed by atoms with Crippen LogP contribution in [0.1, 0.15) is 27.2 Å². The van der Waals surface area contributed by atoms with E-state index in [1.807, 2.05) is 13.8 Å². The van der Waals surface area contributed by atoms with Crippen LogP contribution in [0.5, 0.6) is 0 Å². The third kappa shape index (κ3) is 9.88. The molecule has 0 spiro atoms. The van der Waals surface area contributed by atoms with E-state index in [4.69, 9.17) is 9.16 Å². The van der Waals surface area contributed by atoms with Gasteiger partial charge in [-0.05, 0) is 20.3 Å². The van der Waals surface area contributed by atoms with E-state index >= 15 is 0 Å². The summed E-state index contributed by atoms with van der Waals surface area (Å²) in [6.45, 7) is 7.57. The molecule has 0 saturated carbocycles. The van der Waals surface area contributed by atoms with E-state index in [1.165, 1.54) is 0 Å². The third-order valence-corrected chi connectivity index (χ3v) is 1.88. The van der Waals surface area contributed by atoms with Crippen LogP contribution in [0.25, 0.3) is 0 Å². The number of ether oxygens (including phenoxy) is 1. The second-order valence-corrected chi connectivity index (χ2v) is 3.55. The van der Waals surface area contributed by atoms with Crippen LogP contribution in [-0.4, -0.2) is 29.1 Å². The minimum Gasteiger partial charge on any atom is -0.410 e. The summed E-state index contributed by atoms with van der Waals surface area (Å²) in [7, 11) is 0.482. The first-order valence-electron chi connectivity index (χ1n) is 4.41. The average Bonchev–Trinajstić information content (AvgIpc) is 2.02. The summed E-state index contributed by atoms with van der Waals surface area (Å²) >= 11 is 0. The second-order valence-electron chi connectivity index (χ2n) is 2.70. The largest absolute Gasteiger partial charge is 0.410 e. The SMILES string of the molecule is CC/C=C/[Si]OCCOC(C)C. The van der Waals surface area contributed by atoms with Gasteiger partial charge in [-0.1, -0.05) is 18.7 Å². The molecule has 0 unspecified atom stereocenters. The highest BCUT2D eigenvalue weighted by molar-refractivity contribution is 6.34. The van der Waals surface area contributed by atoms with Crippen molar-refractivity contribution in [3.63, 3.8) is 0 Å². The Hall–Kier alpha value is -0.123. The van der Waals surface area contributed by atoms with Gasteiger partial charge in [0.15, 0.2) is 0 Å². The first-order valence-corrected chi connectivity index (χ1v) is 5.39. The van der Waals surface area contributed by atoms with Gasteiger partial charge >= 0.3 is 0 Å². The Bertz CT molecular complexity index is 113. The molecule has 0 atom stereocenters. The molecule has 0 rings (SSSR count). The van der Waals surface area contributed by atoms with E-state index in [-0.39, 0.29) is 0 Å². The van der Waals surface area contributed by atoms with Crippen molar-refractivity contribution in [2.75, 3.05) is 13.2 Å². The molecule has 70 valence electrons. The molecule has 3 heteroatoms. The predicted octanol–water partition coefficient (Wildman–Crippen LogP) is 1.97. The van der Waals surface area contributed by atoms with Gasteiger partial charge in [0.1, 0.15) is 0 Å². The summed E-state index contributed by atoms with van der Waals surface area (Å²) < 4.78 is 10.6. The lowest BCUT2D eigenvalue weighted by atomic mass is 10.5. The first-order chi connectivity index (χ1) is 5.77. The van der Waals surface area contributed by atoms with Gasteiger partial charge in [-0.3, -0.25) is 0 Å². The lowest BCUT2D eigenvalue weighted by molar-refractivity contribution is 0.0564. The normalized spacial score (nSPS) is 11.7. The fourth-order valence-corrected chi connectivity index (χ4v) is 1.23. The third-order valence-electron chi connectivity index (χ3n) is 1.14. The van der Waals surface area contributed by atoms with E-state index in [1.54, 1.807) is 0 Å². The van der Waals surface area contributed by atoms with E-state index in [9.17, 15) is 0 Å². The molecular weight excluding hydrogens is 168 g/mol. The van der Waals surface area contributed by atoms with E-state index in [0.717, 1.165) is 6.42 Å². The molecule has 2 radical (unpaired) electrons. The molecule has 0 fully saturated rings. The van der Waals surface area contributed by atoms with Gasteiger partial charge in [0.05, 0.1) is 19.3 Å². The predicted molar refractivity (Wildman–Crippen MR) is 52.2 cm³/mol. The van der Waals surface area contributed by atoms with Crippen LogP contribution in [-0.2, 0) is 9.16 Å². The molecule has 0 aromatic heterocycles. The standard InChI is InChI=1S/C9H18O2Si/c1-4-5-8-12-11-7-6-10-9(2)3/h5,8-9H,4,6-7H2,1-3H3/b8-5+. The minimum absolute atomic E-state index is 0.308. The van der Waals surface area contributed by atoms with Crippen molar-refractivity contribution in [3.8, 4) is 0 Å². The summed E-state index contributed by atoms with van der Waals surface area (Å²) in [6.07, 6.45) is 3.50. The monoisotopic (exact) mass is 186 g/mol. The zero-order chi connectivity index (χ0) is 9.23. The molecule has 2 nitrogen and oxygen atoms in total. The molecule has 0 aliphatic rings. The van der Waals surface area contributed by atoms with Crippen molar-refractivity contribution < 1.29 is 9.16 Å². The maximum atomic E-state index is 5.30. The molecule has 12 heavy (non-hydrogen) atoms. The summed E-state index contributed by atoms with van der Waals surface area (Å²) in [4.78, 5) is 0. The Labute approximate surface area is 77.9 Å². The molecular formula is C9H18O2Si. The van der Waals surface area contributed by atoms with E-state index < -0.39 is 0 Å². The van der Waals surface area contributed by atoms with Crippen LogP contribution in [0.15, 0.2) is 11.8 Å². The Morgan fingerprint density at radius 3 is 2.67 bits per heavy atom. The Morgan fingerprint density at radius 2 is 2.08 bits per heavy atom. The Balaban J connectivity index is 2.96. The zero-order valence-electron chi connectivity index (χ0n) is 8.17. The Kier molecular flexibility index (Phi) is 8.88. The molecule has 0 bridgehead atoms. The number of hydrogen-bond donors (Lipinski definition) is 0. The minimum atomic E-state index is 0.308. The summed E-state index contributed by atoms with van der Waals surface area (Å²) in [5, 5.41) is 0. The quantitative estimate of drug-likeness (QED) is 0.447. The maximum absolute atomic E-state index is 5.30. The summed E-state index contributed by atoms with van der Waals surface area (Å²) in [5.41, 5.74) is 2.06. The zero-order valence-corrected chi connectivity index (χ0v) is 9.17. The maximum Gasteiger partial charge on any atom is 0.260 e. The Morgan fingerprint density at radius 1 is 1.33 bits per heavy atom. The van der Waals surface area contributed by atoms with Crippen molar-refractivity contribution in [3.05, 3.63) is 11.8 Å². The van der Waals surface area contributed by atoms with Crippen molar-refractivity contribution in [1.82, 2.24) is 0 Å². The van der Waals surface area contributed by atoms with Gasteiger partial charge < -0.3 is 9.16 Å². The van der Waals surface area contributed by atoms with Crippen LogP contribution in [0, 0.1) is 0 Å². The van der Waals surface area contributed by atoms with Crippen molar-refractivity contribution >= 4 is 9.76 Å². The average molecular weight is 186 g/mol. The van der Waals surface area contributed by atoms with E-state index in [0.29, 0.717) is 29.1 Å². The van der Waals surface area contributed by atoms with Gasteiger partial charge in [0, 0.05) is 0 Å². The van der Waals surface area contributed by atoms with Crippen molar-refractivity contribution in [1.29, 1.82) is 0 Å². The first kappa shape index (κ1) is 11.9. The van der Waals surface area contributed by atoms with Crippen molar-refractivity contribution in [2.45, 2.75) is 33.3 Å². The molecule has 0 aliphatic carbocycles. The highest BCUT2D eigenvalue weighted by Gasteiger charge is 1.91. The van der Waals surface area contributed by atoms with Crippen LogP contribution < -0.4 is 0 Å². The highest BCUT2D eigenvalue weighted by Crippen LogP contribution is 1.87. The molecule has 0 aromatic carbocycles. The smallest absolute Gasteiger partial charge is 0.260 e. The molecule has 0 saturated heterocycles. The van der Waals surface area contributed by atoms with Crippen molar-refractivity contribution in [2.24, 2.45) is 0 Å². The van der Waals surface area contributed by atoms with Gasteiger partial charge in [-0.25, -0.2) is 0 Å². The van der Waals surface area contributed by atoms with Gasteiger partial charge in [-0.15, -0.1) is 0 Å². The topological polar surface area (TPSA) is 18.5 Å². The molecule has 0 aromatic rings. The van der Waals surface area contributed by atoms with Gasteiger partial charge in [0.25, 0.3) is 9.76 Å². The molecule has 0 amide bonds. The molecule has 0 aliphatic heterocycles. The fourth-order valence-electron chi connectivity index (χ4n) is 0.598. The van der Waals surface area contributed by atoms with Gasteiger partial charge in [0.2, 0.25) is 0 Å². The number of hydrogen-bond acceptors (Lipinski definition) is 2. The number of allylic oxidation sites excluding steroid dienone is 1. The van der Waals surface area contributed by atoms with Crippen LogP contribution in [0.3, 0.4) is 0 Å². The fraction of sp³-hybridized carbons (Fsp3) is 0.778. The summed E-state index contributed by atoms with van der Waals surface area (Å²) in [6, 6.07) is 0. The van der Waals surface area contributed by atoms with Crippen LogP contribution in [0.2, 0.25) is 0 Å². The van der Waals surface area contributed by atoms with E-state index in [2.05, 4.69) is 18.7 Å². The molecule has 0 heterocycles.